The van der Waals surface area contributed by atoms with Gasteiger partial charge in [-0.2, -0.15) is 0 Å². The Hall–Kier alpha value is -1.82. The van der Waals surface area contributed by atoms with Gasteiger partial charge in [0.15, 0.2) is 0 Å². The maximum atomic E-state index is 3.66. The van der Waals surface area contributed by atoms with Crippen LogP contribution in [0.3, 0.4) is 0 Å². The Morgan fingerprint density at radius 3 is 2.32 bits per heavy atom. The molecule has 19 heavy (non-hydrogen) atoms. The number of benzene rings is 3. The van der Waals surface area contributed by atoms with Gasteiger partial charge in [0, 0.05) is 0 Å². The van der Waals surface area contributed by atoms with Crippen LogP contribution in [-0.4, -0.2) is 0 Å². The summed E-state index contributed by atoms with van der Waals surface area (Å²) >= 11 is 0. The van der Waals surface area contributed by atoms with Crippen LogP contribution in [0.2, 0.25) is 0 Å². The molecule has 0 aromatic heterocycles. The molecule has 0 nitrogen and oxygen atoms in total. The second-order valence-electron chi connectivity index (χ2n) is 5.68. The number of hydrogen-bond acceptors (Lipinski definition) is 0. The van der Waals surface area contributed by atoms with E-state index in [0.29, 0.717) is 0 Å². The van der Waals surface area contributed by atoms with E-state index >= 15 is 0 Å². The minimum Gasteiger partial charge on any atom is -0.0616 e. The number of fused-ring (bicyclic) bond motifs is 2. The summed E-state index contributed by atoms with van der Waals surface area (Å²) in [5.74, 6) is 0.746. The van der Waals surface area contributed by atoms with Gasteiger partial charge in [-0.3, -0.25) is 0 Å². The molecule has 3 aromatic carbocycles. The topological polar surface area (TPSA) is 0 Å². The Balaban J connectivity index is 1.89. The van der Waals surface area contributed by atoms with E-state index in [2.05, 4.69) is 54.6 Å². The van der Waals surface area contributed by atoms with Crippen LogP contribution in [0.25, 0.3) is 21.5 Å². The van der Waals surface area contributed by atoms with Crippen molar-refractivity contribution < 1.29 is 0 Å². The molecule has 0 N–H and O–H groups in total. The average molecular weight is 245 g/mol. The van der Waals surface area contributed by atoms with Crippen LogP contribution in [-0.2, 0) is 0 Å². The highest BCUT2D eigenvalue weighted by molar-refractivity contribution is 5.98. The number of rotatable bonds is 1. The lowest BCUT2D eigenvalue weighted by atomic mass is 9.94. The van der Waals surface area contributed by atoms with Gasteiger partial charge in [-0.15, -0.1) is 0 Å². The van der Waals surface area contributed by atoms with Crippen molar-refractivity contribution in [3.8, 4) is 0 Å². The summed E-state index contributed by atoms with van der Waals surface area (Å²) in [6, 6.07) is 21.3. The first-order chi connectivity index (χ1) is 9.40. The predicted octanol–water partition coefficient (Wildman–Crippen LogP) is 5.45. The van der Waals surface area contributed by atoms with Crippen LogP contribution in [0.15, 0.2) is 48.5 Å². The summed E-state index contributed by atoms with van der Waals surface area (Å²) in [7, 11) is 0. The van der Waals surface area contributed by atoms with Crippen molar-refractivity contribution in [1.29, 1.82) is 0 Å². The fourth-order valence-corrected chi connectivity index (χ4v) is 3.36. The quantitative estimate of drug-likeness (QED) is 0.500. The molecule has 0 amide bonds. The second-order valence-corrected chi connectivity index (χ2v) is 5.68. The Kier molecular flexibility index (Phi) is 2.55. The van der Waals surface area contributed by atoms with E-state index < -0.39 is 0 Å². The van der Waals surface area contributed by atoms with E-state index in [9.17, 15) is 0 Å². The molecule has 0 aliphatic heterocycles. The van der Waals surface area contributed by atoms with Crippen LogP contribution >= 0.6 is 0 Å². The molecule has 1 aliphatic carbocycles. The first kappa shape index (κ1) is 11.0. The van der Waals surface area contributed by atoms with Crippen LogP contribution in [0.5, 0.6) is 0 Å². The third-order valence-electron chi connectivity index (χ3n) is 4.43. The fraction of sp³-hybridized carbons (Fsp3) is 0.263. The normalized spacial score (nSPS) is 16.4. The minimum atomic E-state index is 0.746. The van der Waals surface area contributed by atoms with E-state index in [4.69, 9.17) is 0 Å². The maximum absolute atomic E-state index is 3.66. The van der Waals surface area contributed by atoms with E-state index in [0.717, 1.165) is 5.92 Å². The first-order valence-corrected chi connectivity index (χ1v) is 7.25. The minimum absolute atomic E-state index is 0.746. The zero-order chi connectivity index (χ0) is 12.7. The fourth-order valence-electron chi connectivity index (χ4n) is 3.36. The SMILES string of the molecule is [c]1c(C2CCCC2)ccc2cc3ccccc3cc12. The Morgan fingerprint density at radius 1 is 0.789 bits per heavy atom. The lowest BCUT2D eigenvalue weighted by Gasteiger charge is -2.10. The van der Waals surface area contributed by atoms with Gasteiger partial charge in [0.05, 0.1) is 0 Å². The van der Waals surface area contributed by atoms with Gasteiger partial charge >= 0.3 is 0 Å². The Bertz CT molecular complexity index is 733. The summed E-state index contributed by atoms with van der Waals surface area (Å²) in [5, 5.41) is 5.20. The van der Waals surface area contributed by atoms with Crippen molar-refractivity contribution in [2.24, 2.45) is 0 Å². The number of hydrogen-bond donors (Lipinski definition) is 0. The van der Waals surface area contributed by atoms with Gasteiger partial charge in [-0.1, -0.05) is 49.2 Å². The molecule has 0 heteroatoms. The van der Waals surface area contributed by atoms with Crippen LogP contribution < -0.4 is 0 Å². The highest BCUT2D eigenvalue weighted by Gasteiger charge is 2.17. The van der Waals surface area contributed by atoms with Gasteiger partial charge in [0.2, 0.25) is 0 Å². The molecule has 1 saturated carbocycles. The maximum Gasteiger partial charge on any atom is -0.00611 e. The summed E-state index contributed by atoms with van der Waals surface area (Å²) in [4.78, 5) is 0. The second kappa shape index (κ2) is 4.38. The zero-order valence-electron chi connectivity index (χ0n) is 11.0. The third kappa shape index (κ3) is 1.92. The molecule has 93 valence electrons. The third-order valence-corrected chi connectivity index (χ3v) is 4.43. The lowest BCUT2D eigenvalue weighted by molar-refractivity contribution is 0.723. The van der Waals surface area contributed by atoms with Crippen molar-refractivity contribution in [2.45, 2.75) is 31.6 Å². The van der Waals surface area contributed by atoms with Gasteiger partial charge in [0.25, 0.3) is 0 Å². The van der Waals surface area contributed by atoms with Crippen molar-refractivity contribution in [2.75, 3.05) is 0 Å². The van der Waals surface area contributed by atoms with Crippen molar-refractivity contribution in [1.82, 2.24) is 0 Å². The van der Waals surface area contributed by atoms with Gasteiger partial charge in [0.1, 0.15) is 0 Å². The molecule has 1 aliphatic rings. The predicted molar refractivity (Wildman–Crippen MR) is 81.5 cm³/mol. The molecular formula is C19H17. The van der Waals surface area contributed by atoms with E-state index in [1.54, 1.807) is 0 Å². The molecule has 0 saturated heterocycles. The molecule has 1 fully saturated rings. The molecular weight excluding hydrogens is 228 g/mol. The van der Waals surface area contributed by atoms with Crippen molar-refractivity contribution >= 4 is 21.5 Å². The van der Waals surface area contributed by atoms with Gasteiger partial charge < -0.3 is 0 Å². The zero-order valence-corrected chi connectivity index (χ0v) is 11.0. The summed E-state index contributed by atoms with van der Waals surface area (Å²) < 4.78 is 0. The molecule has 0 unspecified atom stereocenters. The molecule has 4 rings (SSSR count). The van der Waals surface area contributed by atoms with E-state index in [1.165, 1.54) is 52.8 Å². The molecule has 0 heterocycles. The lowest BCUT2D eigenvalue weighted by Crippen LogP contribution is -1.92. The highest BCUT2D eigenvalue weighted by atomic mass is 14.2. The van der Waals surface area contributed by atoms with Crippen LogP contribution in [0, 0.1) is 6.07 Å². The monoisotopic (exact) mass is 245 g/mol. The smallest absolute Gasteiger partial charge is 0.00611 e. The van der Waals surface area contributed by atoms with Crippen molar-refractivity contribution in [3.05, 3.63) is 60.2 Å². The van der Waals surface area contributed by atoms with Crippen molar-refractivity contribution in [3.63, 3.8) is 0 Å². The molecule has 0 bridgehead atoms. The Labute approximate surface area is 114 Å². The van der Waals surface area contributed by atoms with E-state index in [-0.39, 0.29) is 0 Å². The van der Waals surface area contributed by atoms with Crippen LogP contribution in [0.1, 0.15) is 37.2 Å². The Morgan fingerprint density at radius 2 is 1.53 bits per heavy atom. The molecule has 1 radical (unpaired) electrons. The highest BCUT2D eigenvalue weighted by Crippen LogP contribution is 2.35. The first-order valence-electron chi connectivity index (χ1n) is 7.25. The van der Waals surface area contributed by atoms with Crippen LogP contribution in [0.4, 0.5) is 0 Å². The van der Waals surface area contributed by atoms with E-state index in [1.807, 2.05) is 0 Å². The largest absolute Gasteiger partial charge is 0.0616 e. The molecule has 0 atom stereocenters. The summed E-state index contributed by atoms with van der Waals surface area (Å²) in [6.07, 6.45) is 5.45. The summed E-state index contributed by atoms with van der Waals surface area (Å²) in [6.45, 7) is 0. The van der Waals surface area contributed by atoms with Gasteiger partial charge in [-0.25, -0.2) is 0 Å². The summed E-state index contributed by atoms with van der Waals surface area (Å²) in [5.41, 5.74) is 1.42. The molecule has 3 aromatic rings. The standard InChI is InChI=1S/C19H17/c1-2-6-14(5-1)17-9-10-18-11-15-7-3-4-8-16(15)12-19(18)13-17/h3-4,7-12,14H,1-2,5-6H2. The molecule has 0 spiro atoms. The van der Waals surface area contributed by atoms with Gasteiger partial charge in [-0.05, 0) is 64.1 Å². The average Bonchev–Trinajstić information content (AvgIpc) is 2.98.